The fourth-order valence-corrected chi connectivity index (χ4v) is 4.15. The molecule has 0 bridgehead atoms. The SMILES string of the molecule is Cc1noc(C)c1-c1cccc(C2CN(Cc3c[nH]c4ccccc34)CCO2)n1. The van der Waals surface area contributed by atoms with E-state index < -0.39 is 0 Å². The summed E-state index contributed by atoms with van der Waals surface area (Å²) in [6.07, 6.45) is 2.07. The standard InChI is InChI=1S/C23H24N4O2/c1-15-23(16(2)29-26-15)21-9-5-8-20(25-21)22-14-27(10-11-28-22)13-17-12-24-19-7-4-3-6-18(17)19/h3-9,12,22,24H,10-11,13-14H2,1-2H3. The molecule has 1 fully saturated rings. The van der Waals surface area contributed by atoms with Crippen molar-refractivity contribution in [2.75, 3.05) is 19.7 Å². The molecule has 0 spiro atoms. The molecule has 1 atom stereocenters. The third kappa shape index (κ3) is 3.45. The Hall–Kier alpha value is -2.96. The number of rotatable bonds is 4. The molecular weight excluding hydrogens is 364 g/mol. The van der Waals surface area contributed by atoms with Gasteiger partial charge in [-0.1, -0.05) is 29.4 Å². The van der Waals surface area contributed by atoms with Crippen molar-refractivity contribution < 1.29 is 9.26 Å². The van der Waals surface area contributed by atoms with Gasteiger partial charge < -0.3 is 14.2 Å². The quantitative estimate of drug-likeness (QED) is 0.561. The zero-order chi connectivity index (χ0) is 19.8. The summed E-state index contributed by atoms with van der Waals surface area (Å²) in [5, 5.41) is 5.34. The summed E-state index contributed by atoms with van der Waals surface area (Å²) in [6.45, 7) is 7.19. The van der Waals surface area contributed by atoms with Crippen molar-refractivity contribution in [1.82, 2.24) is 20.0 Å². The minimum absolute atomic E-state index is 0.0469. The van der Waals surface area contributed by atoms with Crippen LogP contribution in [-0.2, 0) is 11.3 Å². The van der Waals surface area contributed by atoms with Gasteiger partial charge in [0.15, 0.2) is 0 Å². The van der Waals surface area contributed by atoms with E-state index in [0.29, 0.717) is 6.61 Å². The molecule has 4 aromatic rings. The van der Waals surface area contributed by atoms with Crippen molar-refractivity contribution >= 4 is 10.9 Å². The van der Waals surface area contributed by atoms with E-state index >= 15 is 0 Å². The van der Waals surface area contributed by atoms with Crippen molar-refractivity contribution in [2.45, 2.75) is 26.5 Å². The van der Waals surface area contributed by atoms with Crippen LogP contribution in [0.2, 0.25) is 0 Å². The van der Waals surface area contributed by atoms with Crippen LogP contribution in [0.5, 0.6) is 0 Å². The second-order valence-corrected chi connectivity index (χ2v) is 7.60. The number of nitrogens with one attached hydrogen (secondary N) is 1. The van der Waals surface area contributed by atoms with E-state index in [4.69, 9.17) is 14.2 Å². The molecule has 1 unspecified atom stereocenters. The normalized spacial score (nSPS) is 17.8. The summed E-state index contributed by atoms with van der Waals surface area (Å²) in [7, 11) is 0. The summed E-state index contributed by atoms with van der Waals surface area (Å²) < 4.78 is 11.4. The van der Waals surface area contributed by atoms with Gasteiger partial charge in [0.05, 0.1) is 29.3 Å². The van der Waals surface area contributed by atoms with Gasteiger partial charge in [-0.2, -0.15) is 0 Å². The Morgan fingerprint density at radius 2 is 2.03 bits per heavy atom. The lowest BCUT2D eigenvalue weighted by Gasteiger charge is -2.32. The Morgan fingerprint density at radius 1 is 1.14 bits per heavy atom. The van der Waals surface area contributed by atoms with E-state index in [1.54, 1.807) is 0 Å². The highest BCUT2D eigenvalue weighted by Crippen LogP contribution is 2.29. The number of morpholine rings is 1. The first-order chi connectivity index (χ1) is 14.2. The zero-order valence-corrected chi connectivity index (χ0v) is 16.7. The summed E-state index contributed by atoms with van der Waals surface area (Å²) in [5.74, 6) is 0.790. The van der Waals surface area contributed by atoms with Gasteiger partial charge in [-0.3, -0.25) is 4.90 Å². The molecule has 0 amide bonds. The molecule has 1 N–H and O–H groups in total. The molecule has 0 aliphatic carbocycles. The lowest BCUT2D eigenvalue weighted by molar-refractivity contribution is -0.0348. The first-order valence-corrected chi connectivity index (χ1v) is 9.98. The molecule has 0 radical (unpaired) electrons. The van der Waals surface area contributed by atoms with Gasteiger partial charge in [-0.15, -0.1) is 0 Å². The predicted octanol–water partition coefficient (Wildman–Crippen LogP) is 4.41. The summed E-state index contributed by atoms with van der Waals surface area (Å²) >= 11 is 0. The number of ether oxygens (including phenoxy) is 1. The monoisotopic (exact) mass is 388 g/mol. The van der Waals surface area contributed by atoms with E-state index in [2.05, 4.69) is 45.5 Å². The highest BCUT2D eigenvalue weighted by atomic mass is 16.5. The Morgan fingerprint density at radius 3 is 2.90 bits per heavy atom. The number of hydrogen-bond acceptors (Lipinski definition) is 5. The molecule has 0 saturated carbocycles. The second-order valence-electron chi connectivity index (χ2n) is 7.60. The van der Waals surface area contributed by atoms with Gasteiger partial charge in [-0.05, 0) is 37.6 Å². The number of hydrogen-bond donors (Lipinski definition) is 1. The fraction of sp³-hybridized carbons (Fsp3) is 0.304. The smallest absolute Gasteiger partial charge is 0.143 e. The summed E-state index contributed by atoms with van der Waals surface area (Å²) in [5.41, 5.74) is 6.16. The minimum Gasteiger partial charge on any atom is -0.369 e. The third-order valence-electron chi connectivity index (χ3n) is 5.61. The van der Waals surface area contributed by atoms with Crippen LogP contribution >= 0.6 is 0 Å². The highest BCUT2D eigenvalue weighted by Gasteiger charge is 2.24. The number of benzene rings is 1. The number of nitrogens with zero attached hydrogens (tertiary/aromatic N) is 3. The van der Waals surface area contributed by atoms with Crippen LogP contribution in [0.25, 0.3) is 22.2 Å². The number of fused-ring (bicyclic) bond motifs is 1. The van der Waals surface area contributed by atoms with Crippen LogP contribution < -0.4 is 0 Å². The number of H-pyrrole nitrogens is 1. The van der Waals surface area contributed by atoms with Crippen LogP contribution in [0.3, 0.4) is 0 Å². The molecule has 1 aliphatic rings. The maximum Gasteiger partial charge on any atom is 0.143 e. The van der Waals surface area contributed by atoms with Crippen molar-refractivity contribution in [1.29, 1.82) is 0 Å². The lowest BCUT2D eigenvalue weighted by Crippen LogP contribution is -2.38. The Bertz CT molecular complexity index is 1130. The van der Waals surface area contributed by atoms with E-state index in [1.165, 1.54) is 16.5 Å². The molecule has 1 aromatic carbocycles. The molecule has 148 valence electrons. The molecule has 6 heteroatoms. The van der Waals surface area contributed by atoms with Crippen molar-refractivity contribution in [3.05, 3.63) is 71.4 Å². The average molecular weight is 388 g/mol. The Balaban J connectivity index is 1.36. The number of aryl methyl sites for hydroxylation is 2. The Kier molecular flexibility index (Phi) is 4.66. The number of pyridine rings is 1. The van der Waals surface area contributed by atoms with E-state index in [9.17, 15) is 0 Å². The second kappa shape index (κ2) is 7.46. The van der Waals surface area contributed by atoms with Gasteiger partial charge in [0.2, 0.25) is 0 Å². The van der Waals surface area contributed by atoms with Crippen molar-refractivity contribution in [3.63, 3.8) is 0 Å². The Labute approximate surface area is 169 Å². The van der Waals surface area contributed by atoms with Crippen LogP contribution in [0.1, 0.15) is 28.8 Å². The van der Waals surface area contributed by atoms with E-state index in [0.717, 1.165) is 48.0 Å². The molecule has 1 aliphatic heterocycles. The van der Waals surface area contributed by atoms with Crippen LogP contribution in [0, 0.1) is 13.8 Å². The van der Waals surface area contributed by atoms with Gasteiger partial charge in [-0.25, -0.2) is 4.98 Å². The largest absolute Gasteiger partial charge is 0.369 e. The molecule has 5 rings (SSSR count). The van der Waals surface area contributed by atoms with Gasteiger partial charge in [0.1, 0.15) is 11.9 Å². The van der Waals surface area contributed by atoms with Gasteiger partial charge in [0, 0.05) is 36.7 Å². The first-order valence-electron chi connectivity index (χ1n) is 9.98. The van der Waals surface area contributed by atoms with Crippen LogP contribution in [-0.4, -0.2) is 39.7 Å². The fourth-order valence-electron chi connectivity index (χ4n) is 4.15. The number of aromatic amines is 1. The van der Waals surface area contributed by atoms with Crippen LogP contribution in [0.15, 0.2) is 53.2 Å². The first kappa shape index (κ1) is 18.1. The molecule has 1 saturated heterocycles. The average Bonchev–Trinajstić information content (AvgIpc) is 3.31. The van der Waals surface area contributed by atoms with Crippen LogP contribution in [0.4, 0.5) is 0 Å². The highest BCUT2D eigenvalue weighted by molar-refractivity contribution is 5.82. The predicted molar refractivity (Wildman–Crippen MR) is 111 cm³/mol. The molecule has 6 nitrogen and oxygen atoms in total. The summed E-state index contributed by atoms with van der Waals surface area (Å²) in [4.78, 5) is 10.7. The molecule has 29 heavy (non-hydrogen) atoms. The van der Waals surface area contributed by atoms with Gasteiger partial charge >= 0.3 is 0 Å². The van der Waals surface area contributed by atoms with Gasteiger partial charge in [0.25, 0.3) is 0 Å². The zero-order valence-electron chi connectivity index (χ0n) is 16.7. The third-order valence-corrected chi connectivity index (χ3v) is 5.61. The maximum atomic E-state index is 6.08. The molecule has 3 aromatic heterocycles. The number of aromatic nitrogens is 3. The molecule has 4 heterocycles. The number of para-hydroxylation sites is 1. The van der Waals surface area contributed by atoms with Crippen molar-refractivity contribution in [2.24, 2.45) is 0 Å². The topological polar surface area (TPSA) is 67.2 Å². The van der Waals surface area contributed by atoms with E-state index in [-0.39, 0.29) is 6.10 Å². The van der Waals surface area contributed by atoms with Crippen molar-refractivity contribution in [3.8, 4) is 11.3 Å². The molecular formula is C23H24N4O2. The van der Waals surface area contributed by atoms with E-state index in [1.807, 2.05) is 32.0 Å². The minimum atomic E-state index is -0.0469. The lowest BCUT2D eigenvalue weighted by atomic mass is 10.1. The maximum absolute atomic E-state index is 6.08. The summed E-state index contributed by atoms with van der Waals surface area (Å²) in [6, 6.07) is 14.5.